The Bertz CT molecular complexity index is 1240. The van der Waals surface area contributed by atoms with E-state index in [1.807, 2.05) is 66.7 Å². The third-order valence-electron chi connectivity index (χ3n) is 4.42. The van der Waals surface area contributed by atoms with Gasteiger partial charge in [0.25, 0.3) is 11.1 Å². The number of nitrogens with one attached hydrogen (secondary N) is 2. The fourth-order valence-corrected chi connectivity index (χ4v) is 3.65. The van der Waals surface area contributed by atoms with Gasteiger partial charge in [0.05, 0.1) is 0 Å². The molecule has 0 fully saturated rings. The van der Waals surface area contributed by atoms with Gasteiger partial charge in [0.1, 0.15) is 5.75 Å². The first-order chi connectivity index (χ1) is 14.6. The number of carbonyl (C=O) groups excluding carboxylic acids is 1. The van der Waals surface area contributed by atoms with Crippen LogP contribution in [-0.4, -0.2) is 11.1 Å². The number of halogens is 1. The number of fused-ring (bicyclic) bond motifs is 1. The quantitative estimate of drug-likeness (QED) is 0.324. The van der Waals surface area contributed by atoms with E-state index in [1.54, 1.807) is 24.3 Å². The Labute approximate surface area is 188 Å². The van der Waals surface area contributed by atoms with E-state index in [-0.39, 0.29) is 11.1 Å². The summed E-state index contributed by atoms with van der Waals surface area (Å²) in [6.07, 6.45) is 0. The molecule has 0 aliphatic heterocycles. The van der Waals surface area contributed by atoms with Crippen molar-refractivity contribution in [1.82, 2.24) is 0 Å². The van der Waals surface area contributed by atoms with Gasteiger partial charge < -0.3 is 15.4 Å². The lowest BCUT2D eigenvalue weighted by atomic mass is 10.1. The molecule has 0 unspecified atom stereocenters. The number of carbonyl (C=O) groups is 1. The van der Waals surface area contributed by atoms with Crippen LogP contribution in [0.25, 0.3) is 10.8 Å². The molecule has 0 radical (unpaired) electrons. The van der Waals surface area contributed by atoms with E-state index >= 15 is 0 Å². The average molecular weight is 477 g/mol. The van der Waals surface area contributed by atoms with Gasteiger partial charge in [-0.1, -0.05) is 64.5 Å². The smallest absolute Gasteiger partial charge is 0.266 e. The van der Waals surface area contributed by atoms with Crippen molar-refractivity contribution in [2.45, 2.75) is 0 Å². The van der Waals surface area contributed by atoms with E-state index < -0.39 is 0 Å². The van der Waals surface area contributed by atoms with Crippen molar-refractivity contribution < 1.29 is 9.53 Å². The van der Waals surface area contributed by atoms with Crippen molar-refractivity contribution in [2.24, 2.45) is 0 Å². The minimum atomic E-state index is -0.230. The second kappa shape index (κ2) is 9.07. The average Bonchev–Trinajstić information content (AvgIpc) is 2.74. The predicted octanol–water partition coefficient (Wildman–Crippen LogP) is 6.63. The molecule has 1 amide bonds. The first-order valence-corrected chi connectivity index (χ1v) is 10.4. The zero-order chi connectivity index (χ0) is 20.9. The van der Waals surface area contributed by atoms with E-state index in [9.17, 15) is 4.79 Å². The summed E-state index contributed by atoms with van der Waals surface area (Å²) < 4.78 is 6.65. The summed E-state index contributed by atoms with van der Waals surface area (Å²) in [4.78, 5) is 12.6. The number of ether oxygens (including phenoxy) is 1. The Morgan fingerprint density at radius 2 is 1.60 bits per heavy atom. The van der Waals surface area contributed by atoms with Crippen LogP contribution in [-0.2, 0) is 0 Å². The highest BCUT2D eigenvalue weighted by molar-refractivity contribution is 9.10. The Kier molecular flexibility index (Phi) is 6.07. The van der Waals surface area contributed by atoms with E-state index in [4.69, 9.17) is 17.0 Å². The van der Waals surface area contributed by atoms with Crippen LogP contribution in [0, 0.1) is 0 Å². The largest absolute Gasteiger partial charge is 0.432 e. The van der Waals surface area contributed by atoms with Crippen LogP contribution in [0.1, 0.15) is 10.4 Å². The molecule has 0 aliphatic rings. The molecular weight excluding hydrogens is 460 g/mol. The molecule has 0 atom stereocenters. The molecule has 0 heterocycles. The maximum Gasteiger partial charge on any atom is 0.266 e. The van der Waals surface area contributed by atoms with Gasteiger partial charge in [-0.15, -0.1) is 0 Å². The van der Waals surface area contributed by atoms with E-state index in [1.165, 1.54) is 0 Å². The van der Waals surface area contributed by atoms with Crippen molar-refractivity contribution in [2.75, 3.05) is 10.6 Å². The molecule has 0 aromatic heterocycles. The molecule has 0 saturated heterocycles. The van der Waals surface area contributed by atoms with Gasteiger partial charge in [-0.3, -0.25) is 4.79 Å². The van der Waals surface area contributed by atoms with Crippen LogP contribution in [0.2, 0.25) is 0 Å². The number of hydrogen-bond donors (Lipinski definition) is 2. The van der Waals surface area contributed by atoms with Crippen LogP contribution < -0.4 is 15.4 Å². The van der Waals surface area contributed by atoms with Crippen molar-refractivity contribution in [3.05, 3.63) is 101 Å². The summed E-state index contributed by atoms with van der Waals surface area (Å²) in [5.41, 5.74) is 2.04. The molecule has 148 valence electrons. The predicted molar refractivity (Wildman–Crippen MR) is 129 cm³/mol. The molecule has 0 aliphatic carbocycles. The summed E-state index contributed by atoms with van der Waals surface area (Å²) in [5.74, 6) is 0.251. The van der Waals surface area contributed by atoms with E-state index in [0.29, 0.717) is 17.0 Å². The zero-order valence-corrected chi connectivity index (χ0v) is 18.2. The minimum Gasteiger partial charge on any atom is -0.432 e. The topological polar surface area (TPSA) is 50.4 Å². The van der Waals surface area contributed by atoms with E-state index in [2.05, 4.69) is 26.6 Å². The minimum absolute atomic E-state index is 0.205. The van der Waals surface area contributed by atoms with Crippen LogP contribution in [0.4, 0.5) is 11.4 Å². The number of anilines is 2. The van der Waals surface area contributed by atoms with Crippen molar-refractivity contribution >= 4 is 61.4 Å². The van der Waals surface area contributed by atoms with Crippen molar-refractivity contribution in [3.8, 4) is 5.75 Å². The first-order valence-electron chi connectivity index (χ1n) is 9.22. The summed E-state index contributed by atoms with van der Waals surface area (Å²) in [6.45, 7) is 0. The highest BCUT2D eigenvalue weighted by Crippen LogP contribution is 2.24. The lowest BCUT2D eigenvalue weighted by molar-refractivity contribution is 0.102. The maximum absolute atomic E-state index is 12.6. The second-order valence-corrected chi connectivity index (χ2v) is 7.82. The molecule has 2 N–H and O–H groups in total. The Balaban J connectivity index is 1.46. The summed E-state index contributed by atoms with van der Waals surface area (Å²) in [5, 5.41) is 8.36. The van der Waals surface area contributed by atoms with Gasteiger partial charge in [0, 0.05) is 26.8 Å². The Morgan fingerprint density at radius 1 is 0.833 bits per heavy atom. The number of thiocarbonyl (C=S) groups is 1. The number of benzene rings is 4. The van der Waals surface area contributed by atoms with Crippen LogP contribution in [0.15, 0.2) is 95.5 Å². The summed E-state index contributed by atoms with van der Waals surface area (Å²) in [7, 11) is 0. The summed E-state index contributed by atoms with van der Waals surface area (Å²) in [6, 6.07) is 28.3. The lowest BCUT2D eigenvalue weighted by Crippen LogP contribution is -2.17. The molecule has 0 spiro atoms. The van der Waals surface area contributed by atoms with Crippen LogP contribution in [0.3, 0.4) is 0 Å². The third-order valence-corrected chi connectivity index (χ3v) is 5.09. The second-order valence-electron chi connectivity index (χ2n) is 6.53. The van der Waals surface area contributed by atoms with Gasteiger partial charge in [-0.05, 0) is 60.1 Å². The van der Waals surface area contributed by atoms with Gasteiger partial charge >= 0.3 is 0 Å². The van der Waals surface area contributed by atoms with Gasteiger partial charge in [0.2, 0.25) is 0 Å². The third kappa shape index (κ3) is 4.84. The zero-order valence-electron chi connectivity index (χ0n) is 15.8. The first kappa shape index (κ1) is 20.1. The normalized spacial score (nSPS) is 10.4. The number of hydrogen-bond acceptors (Lipinski definition) is 3. The van der Waals surface area contributed by atoms with Gasteiger partial charge in [-0.2, -0.15) is 0 Å². The maximum atomic E-state index is 12.6. The molecular formula is C24H17BrN2O2S. The van der Waals surface area contributed by atoms with Crippen LogP contribution >= 0.6 is 28.1 Å². The van der Waals surface area contributed by atoms with Gasteiger partial charge in [0.15, 0.2) is 0 Å². The monoisotopic (exact) mass is 476 g/mol. The SMILES string of the molecule is O=C(Nc1cccc(Br)c1)c1cccc(OC(=S)Nc2cccc3ccccc23)c1. The molecule has 0 saturated carbocycles. The molecule has 6 heteroatoms. The molecule has 4 aromatic carbocycles. The molecule has 30 heavy (non-hydrogen) atoms. The Morgan fingerprint density at radius 3 is 2.47 bits per heavy atom. The standard InChI is InChI=1S/C24H17BrN2O2S/c25-18-9-5-10-19(15-18)26-23(28)17-8-3-11-20(14-17)29-24(30)27-22-13-4-7-16-6-1-2-12-21(16)22/h1-15H,(H,26,28)(H,27,30). The summed E-state index contributed by atoms with van der Waals surface area (Å²) >= 11 is 8.77. The highest BCUT2D eigenvalue weighted by atomic mass is 79.9. The number of rotatable bonds is 4. The Hall–Kier alpha value is -3.22. The van der Waals surface area contributed by atoms with E-state index in [0.717, 1.165) is 20.9 Å². The number of amides is 1. The van der Waals surface area contributed by atoms with Gasteiger partial charge in [-0.25, -0.2) is 0 Å². The van der Waals surface area contributed by atoms with Crippen LogP contribution in [0.5, 0.6) is 5.75 Å². The fraction of sp³-hybridized carbons (Fsp3) is 0. The molecule has 4 rings (SSSR count). The van der Waals surface area contributed by atoms with Crippen molar-refractivity contribution in [3.63, 3.8) is 0 Å². The fourth-order valence-electron chi connectivity index (χ4n) is 3.05. The molecule has 4 aromatic rings. The molecule has 4 nitrogen and oxygen atoms in total. The highest BCUT2D eigenvalue weighted by Gasteiger charge is 2.10. The lowest BCUT2D eigenvalue weighted by Gasteiger charge is -2.12. The molecule has 0 bridgehead atoms. The van der Waals surface area contributed by atoms with Crippen molar-refractivity contribution in [1.29, 1.82) is 0 Å².